The van der Waals surface area contributed by atoms with Crippen molar-refractivity contribution in [2.24, 2.45) is 0 Å². The minimum absolute atomic E-state index is 0.901. The molecule has 0 aliphatic heterocycles. The van der Waals surface area contributed by atoms with Crippen molar-refractivity contribution in [1.29, 1.82) is 0 Å². The predicted octanol–water partition coefficient (Wildman–Crippen LogP) is 3.45. The van der Waals surface area contributed by atoms with Gasteiger partial charge in [-0.2, -0.15) is 0 Å². The third-order valence-corrected chi connectivity index (χ3v) is 4.44. The predicted molar refractivity (Wildman–Crippen MR) is 87.4 cm³/mol. The zero-order valence-corrected chi connectivity index (χ0v) is 13.3. The van der Waals surface area contributed by atoms with E-state index >= 15 is 0 Å². The van der Waals surface area contributed by atoms with Gasteiger partial charge in [-0.3, -0.25) is 0 Å². The molecule has 0 aliphatic rings. The Morgan fingerprint density at radius 1 is 1.20 bits per heavy atom. The third kappa shape index (κ3) is 3.81. The maximum atomic E-state index is 4.78. The molecule has 108 valence electrons. The lowest BCUT2D eigenvalue weighted by Crippen LogP contribution is -2.15. The van der Waals surface area contributed by atoms with Gasteiger partial charge in [-0.25, -0.2) is 4.98 Å². The van der Waals surface area contributed by atoms with Gasteiger partial charge in [0.05, 0.1) is 5.69 Å². The number of benzene rings is 1. The van der Waals surface area contributed by atoms with Gasteiger partial charge in [0.15, 0.2) is 5.13 Å². The second-order valence-corrected chi connectivity index (χ2v) is 5.90. The van der Waals surface area contributed by atoms with Gasteiger partial charge < -0.3 is 10.2 Å². The van der Waals surface area contributed by atoms with E-state index in [2.05, 4.69) is 61.4 Å². The SMILES string of the molecule is CCNCc1sc(N(C)Cc2ccccc2)nc1CC. The number of thiazole rings is 1. The number of nitrogens with one attached hydrogen (secondary N) is 1. The van der Waals surface area contributed by atoms with Crippen LogP contribution < -0.4 is 10.2 Å². The number of nitrogens with zero attached hydrogens (tertiary/aromatic N) is 2. The maximum Gasteiger partial charge on any atom is 0.185 e. The molecule has 3 nitrogen and oxygen atoms in total. The summed E-state index contributed by atoms with van der Waals surface area (Å²) < 4.78 is 0. The fourth-order valence-corrected chi connectivity index (χ4v) is 3.19. The van der Waals surface area contributed by atoms with Crippen LogP contribution in [0.25, 0.3) is 0 Å². The Balaban J connectivity index is 2.09. The lowest BCUT2D eigenvalue weighted by molar-refractivity contribution is 0.727. The highest BCUT2D eigenvalue weighted by Crippen LogP contribution is 2.27. The summed E-state index contributed by atoms with van der Waals surface area (Å²) in [5.41, 5.74) is 2.54. The van der Waals surface area contributed by atoms with E-state index in [1.54, 1.807) is 11.3 Å². The Kier molecular flexibility index (Phi) is 5.56. The Morgan fingerprint density at radius 3 is 2.60 bits per heavy atom. The summed E-state index contributed by atoms with van der Waals surface area (Å²) >= 11 is 1.80. The van der Waals surface area contributed by atoms with Crippen LogP contribution in [0.4, 0.5) is 5.13 Å². The molecule has 0 spiro atoms. The van der Waals surface area contributed by atoms with Crippen molar-refractivity contribution in [3.05, 3.63) is 46.5 Å². The highest BCUT2D eigenvalue weighted by atomic mass is 32.1. The molecule has 0 atom stereocenters. The first-order chi connectivity index (χ1) is 9.74. The summed E-state index contributed by atoms with van der Waals surface area (Å²) in [6, 6.07) is 10.5. The van der Waals surface area contributed by atoms with E-state index in [1.807, 2.05) is 0 Å². The number of hydrogen-bond acceptors (Lipinski definition) is 4. The Hall–Kier alpha value is -1.39. The molecule has 2 aromatic rings. The van der Waals surface area contributed by atoms with Crippen LogP contribution in [0, 0.1) is 0 Å². The first kappa shape index (κ1) is 15.0. The van der Waals surface area contributed by atoms with Crippen LogP contribution in [-0.4, -0.2) is 18.6 Å². The van der Waals surface area contributed by atoms with Gasteiger partial charge in [-0.05, 0) is 18.5 Å². The second kappa shape index (κ2) is 7.41. The molecule has 0 fully saturated rings. The minimum atomic E-state index is 0.901. The molecule has 1 N–H and O–H groups in total. The summed E-state index contributed by atoms with van der Waals surface area (Å²) in [6.45, 7) is 7.13. The largest absolute Gasteiger partial charge is 0.347 e. The number of aryl methyl sites for hydroxylation is 1. The molecule has 1 aromatic heterocycles. The van der Waals surface area contributed by atoms with Gasteiger partial charge in [0, 0.05) is 25.0 Å². The van der Waals surface area contributed by atoms with E-state index in [1.165, 1.54) is 16.1 Å². The van der Waals surface area contributed by atoms with Crippen molar-refractivity contribution >= 4 is 16.5 Å². The van der Waals surface area contributed by atoms with Crippen molar-refractivity contribution in [3.63, 3.8) is 0 Å². The molecule has 0 radical (unpaired) electrons. The summed E-state index contributed by atoms with van der Waals surface area (Å²) in [5, 5.41) is 4.50. The molecular weight excluding hydrogens is 266 g/mol. The molecule has 0 saturated carbocycles. The number of anilines is 1. The lowest BCUT2D eigenvalue weighted by atomic mass is 10.2. The van der Waals surface area contributed by atoms with Gasteiger partial charge in [0.1, 0.15) is 0 Å². The van der Waals surface area contributed by atoms with Gasteiger partial charge in [-0.15, -0.1) is 11.3 Å². The quantitative estimate of drug-likeness (QED) is 0.846. The average molecular weight is 289 g/mol. The van der Waals surface area contributed by atoms with Crippen LogP contribution >= 0.6 is 11.3 Å². The number of hydrogen-bond donors (Lipinski definition) is 1. The number of aromatic nitrogens is 1. The van der Waals surface area contributed by atoms with Crippen LogP contribution in [0.3, 0.4) is 0 Å². The lowest BCUT2D eigenvalue weighted by Gasteiger charge is -2.15. The van der Waals surface area contributed by atoms with Crippen molar-refractivity contribution in [1.82, 2.24) is 10.3 Å². The zero-order valence-electron chi connectivity index (χ0n) is 12.5. The molecule has 1 aromatic carbocycles. The van der Waals surface area contributed by atoms with E-state index in [0.717, 1.165) is 31.2 Å². The molecule has 1 heterocycles. The summed E-state index contributed by atoms with van der Waals surface area (Å²) in [5.74, 6) is 0. The highest BCUT2D eigenvalue weighted by Gasteiger charge is 2.12. The van der Waals surface area contributed by atoms with Crippen molar-refractivity contribution in [2.45, 2.75) is 33.4 Å². The van der Waals surface area contributed by atoms with E-state index in [9.17, 15) is 0 Å². The Morgan fingerprint density at radius 2 is 1.95 bits per heavy atom. The Bertz CT molecular complexity index is 522. The van der Waals surface area contributed by atoms with E-state index in [-0.39, 0.29) is 0 Å². The molecule has 20 heavy (non-hydrogen) atoms. The van der Waals surface area contributed by atoms with Crippen LogP contribution in [0.5, 0.6) is 0 Å². The first-order valence-corrected chi connectivity index (χ1v) is 8.00. The van der Waals surface area contributed by atoms with Gasteiger partial charge in [0.25, 0.3) is 0 Å². The van der Waals surface area contributed by atoms with Crippen LogP contribution in [-0.2, 0) is 19.5 Å². The highest BCUT2D eigenvalue weighted by molar-refractivity contribution is 7.15. The van der Waals surface area contributed by atoms with Gasteiger partial charge in [0.2, 0.25) is 0 Å². The summed E-state index contributed by atoms with van der Waals surface area (Å²) in [4.78, 5) is 8.38. The van der Waals surface area contributed by atoms with E-state index in [0.29, 0.717) is 0 Å². The van der Waals surface area contributed by atoms with Gasteiger partial charge in [-0.1, -0.05) is 44.2 Å². The third-order valence-electron chi connectivity index (χ3n) is 3.23. The fraction of sp³-hybridized carbons (Fsp3) is 0.438. The van der Waals surface area contributed by atoms with Crippen LogP contribution in [0.1, 0.15) is 30.0 Å². The monoisotopic (exact) mass is 289 g/mol. The molecule has 0 bridgehead atoms. The second-order valence-electron chi connectivity index (χ2n) is 4.84. The molecule has 2 rings (SSSR count). The smallest absolute Gasteiger partial charge is 0.185 e. The minimum Gasteiger partial charge on any atom is -0.347 e. The van der Waals surface area contributed by atoms with Crippen LogP contribution in [0.2, 0.25) is 0 Å². The summed E-state index contributed by atoms with van der Waals surface area (Å²) in [6.07, 6.45) is 0.996. The Labute approximate surface area is 125 Å². The normalized spacial score (nSPS) is 10.8. The van der Waals surface area contributed by atoms with Crippen LogP contribution in [0.15, 0.2) is 30.3 Å². The summed E-state index contributed by atoms with van der Waals surface area (Å²) in [7, 11) is 2.11. The topological polar surface area (TPSA) is 28.2 Å². The molecule has 0 unspecified atom stereocenters. The molecular formula is C16H23N3S. The van der Waals surface area contributed by atoms with E-state index in [4.69, 9.17) is 4.98 Å². The molecule has 0 amide bonds. The zero-order chi connectivity index (χ0) is 14.4. The van der Waals surface area contributed by atoms with Crippen molar-refractivity contribution in [2.75, 3.05) is 18.5 Å². The van der Waals surface area contributed by atoms with Crippen molar-refractivity contribution < 1.29 is 0 Å². The first-order valence-electron chi connectivity index (χ1n) is 7.19. The maximum absolute atomic E-state index is 4.78. The van der Waals surface area contributed by atoms with Gasteiger partial charge >= 0.3 is 0 Å². The van der Waals surface area contributed by atoms with Crippen molar-refractivity contribution in [3.8, 4) is 0 Å². The molecule has 4 heteroatoms. The van der Waals surface area contributed by atoms with E-state index < -0.39 is 0 Å². The fourth-order valence-electron chi connectivity index (χ4n) is 2.11. The molecule has 0 aliphatic carbocycles. The average Bonchev–Trinajstić information content (AvgIpc) is 2.89. The molecule has 0 saturated heterocycles. The number of rotatable bonds is 7. The standard InChI is InChI=1S/C16H23N3S/c1-4-14-15(11-17-5-2)20-16(18-14)19(3)12-13-9-7-6-8-10-13/h6-10,17H,4-5,11-12H2,1-3H3.